The first-order chi connectivity index (χ1) is 26.9. The van der Waals surface area contributed by atoms with Gasteiger partial charge in [-0.3, -0.25) is 19.2 Å². The molecule has 284 valence electrons. The van der Waals surface area contributed by atoms with Crippen molar-refractivity contribution < 1.29 is 38.9 Å². The molecule has 6 aliphatic rings. The van der Waals surface area contributed by atoms with Gasteiger partial charge in [-0.05, 0) is 68.5 Å². The standard InChI is InChI=1S/2C22H20N2O4/c1-21-9-10-22(28-21,11-12-25)18-17(21)19(26)24(20(18)27)16-8-7-15(23-2)13-5-3-4-6-14(13)16;1-21-8-9-22(28-21,10-11-25)18-17(21)19(26)24(20(18)27)16-7-6-13(12-23)14-4-2-3-5-15(14)16/h3-8,17-18,25H,9-12H2,1H3;2-7,17-18,25H,8-11H2,1H3/t2*17-,18+,21?,22?/m10/s1. The number of imide groups is 2. The smallest absolute Gasteiger partial charge is 0.240 e. The number of rotatable bonds is 6. The molecule has 2 N–H and O–H groups in total. The largest absolute Gasteiger partial charge is 0.396 e. The van der Waals surface area contributed by atoms with Crippen LogP contribution in [0.15, 0.2) is 72.8 Å². The van der Waals surface area contributed by atoms with Gasteiger partial charge < -0.3 is 19.7 Å². The molecule has 4 aromatic rings. The van der Waals surface area contributed by atoms with E-state index >= 15 is 0 Å². The van der Waals surface area contributed by atoms with E-state index in [1.165, 1.54) is 9.80 Å². The molecule has 4 amide bonds. The summed E-state index contributed by atoms with van der Waals surface area (Å²) in [4.78, 5) is 60.0. The van der Waals surface area contributed by atoms with E-state index in [9.17, 15) is 34.7 Å². The highest BCUT2D eigenvalue weighted by Gasteiger charge is 2.75. The molecular formula is C44H40N4O8. The van der Waals surface area contributed by atoms with Crippen LogP contribution in [0.3, 0.4) is 0 Å². The van der Waals surface area contributed by atoms with Gasteiger partial charge in [-0.1, -0.05) is 54.6 Å². The molecule has 12 nitrogen and oxygen atoms in total. The zero-order chi connectivity index (χ0) is 39.4. The molecule has 12 heteroatoms. The third-order valence-corrected chi connectivity index (χ3v) is 13.6. The molecule has 0 aromatic heterocycles. The van der Waals surface area contributed by atoms with E-state index in [1.807, 2.05) is 62.4 Å². The maximum absolute atomic E-state index is 13.5. The third kappa shape index (κ3) is 4.71. The van der Waals surface area contributed by atoms with Crippen LogP contribution in [0.4, 0.5) is 17.1 Å². The molecule has 56 heavy (non-hydrogen) atoms. The van der Waals surface area contributed by atoms with Crippen molar-refractivity contribution in [1.29, 1.82) is 5.26 Å². The van der Waals surface area contributed by atoms with Gasteiger partial charge in [0.2, 0.25) is 23.6 Å². The SMILES string of the molecule is CC12CCC(CCO)(O1)[C@H]1C(=O)N(c3ccc(C#N)c4ccccc34)C(=O)[C@H]12.[C-]#[N+]c1ccc(N2C(=O)[C@@H]3[C@H](C2=O)C2(C)CCC3(CCO)O2)c2ccccc12. The second-order valence-corrected chi connectivity index (χ2v) is 16.4. The Hall–Kier alpha value is -5.50. The van der Waals surface area contributed by atoms with Gasteiger partial charge in [0.25, 0.3) is 0 Å². The van der Waals surface area contributed by atoms with E-state index < -0.39 is 46.1 Å². The first-order valence-electron chi connectivity index (χ1n) is 19.1. The third-order valence-electron chi connectivity index (χ3n) is 13.6. The number of aliphatic hydroxyl groups is 2. The normalized spacial score (nSPS) is 33.5. The van der Waals surface area contributed by atoms with Crippen LogP contribution in [0.1, 0.15) is 57.9 Å². The van der Waals surface area contributed by atoms with Gasteiger partial charge >= 0.3 is 0 Å². The van der Waals surface area contributed by atoms with Crippen molar-refractivity contribution in [3.8, 4) is 6.07 Å². The van der Waals surface area contributed by atoms with E-state index in [2.05, 4.69) is 10.9 Å². The van der Waals surface area contributed by atoms with Crippen molar-refractivity contribution in [2.45, 2.75) is 74.8 Å². The molecule has 4 bridgehead atoms. The number of nitriles is 1. The quantitative estimate of drug-likeness (QED) is 0.185. The molecule has 0 radical (unpaired) electrons. The number of hydrogen-bond acceptors (Lipinski definition) is 9. The van der Waals surface area contributed by atoms with Crippen LogP contribution in [0, 0.1) is 41.6 Å². The zero-order valence-electron chi connectivity index (χ0n) is 31.0. The van der Waals surface area contributed by atoms with E-state index in [4.69, 9.17) is 16.0 Å². The van der Waals surface area contributed by atoms with Crippen LogP contribution in [0.5, 0.6) is 0 Å². The number of carbonyl (C=O) groups excluding carboxylic acids is 4. The summed E-state index contributed by atoms with van der Waals surface area (Å²) in [5.41, 5.74) is -0.843. The van der Waals surface area contributed by atoms with Gasteiger partial charge in [0.05, 0.1) is 75.7 Å². The van der Waals surface area contributed by atoms with Crippen LogP contribution in [0.25, 0.3) is 26.4 Å². The number of hydrogen-bond donors (Lipinski definition) is 2. The fourth-order valence-electron chi connectivity index (χ4n) is 11.2. The molecule has 4 unspecified atom stereocenters. The fraction of sp³-hybridized carbons (Fsp3) is 0.409. The predicted octanol–water partition coefficient (Wildman–Crippen LogP) is 5.72. The summed E-state index contributed by atoms with van der Waals surface area (Å²) >= 11 is 0. The van der Waals surface area contributed by atoms with Gasteiger partial charge in [-0.2, -0.15) is 5.26 Å². The molecule has 0 aliphatic carbocycles. The number of fused-ring (bicyclic) bond motifs is 12. The number of amides is 4. The maximum atomic E-state index is 13.5. The van der Waals surface area contributed by atoms with Gasteiger partial charge in [0, 0.05) is 36.8 Å². The van der Waals surface area contributed by atoms with Crippen LogP contribution in [-0.2, 0) is 28.7 Å². The van der Waals surface area contributed by atoms with E-state index in [1.54, 1.807) is 24.3 Å². The average molecular weight is 753 g/mol. The number of aliphatic hydroxyl groups excluding tert-OH is 2. The van der Waals surface area contributed by atoms with Crippen molar-refractivity contribution in [1.82, 2.24) is 0 Å². The van der Waals surface area contributed by atoms with E-state index in [0.717, 1.165) is 10.8 Å². The highest BCUT2D eigenvalue weighted by Crippen LogP contribution is 2.64. The van der Waals surface area contributed by atoms with Gasteiger partial charge in [0.1, 0.15) is 0 Å². The second-order valence-electron chi connectivity index (χ2n) is 16.4. The number of anilines is 2. The molecule has 10 rings (SSSR count). The van der Waals surface area contributed by atoms with Gasteiger partial charge in [-0.25, -0.2) is 14.6 Å². The highest BCUT2D eigenvalue weighted by molar-refractivity contribution is 6.27. The minimum atomic E-state index is -0.766. The molecule has 0 saturated carbocycles. The summed E-state index contributed by atoms with van der Waals surface area (Å²) < 4.78 is 12.5. The molecule has 8 atom stereocenters. The Morgan fingerprint density at radius 3 is 1.55 bits per heavy atom. The van der Waals surface area contributed by atoms with Crippen LogP contribution in [-0.4, -0.2) is 69.5 Å². The van der Waals surface area contributed by atoms with Gasteiger partial charge in [-0.15, -0.1) is 0 Å². The lowest BCUT2D eigenvalue weighted by molar-refractivity contribution is -0.133. The van der Waals surface area contributed by atoms with E-state index in [0.29, 0.717) is 71.9 Å². The Labute approximate surface area is 323 Å². The molecule has 6 fully saturated rings. The van der Waals surface area contributed by atoms with Crippen molar-refractivity contribution in [3.05, 3.63) is 89.8 Å². The summed E-state index contributed by atoms with van der Waals surface area (Å²) in [7, 11) is 0. The van der Waals surface area contributed by atoms with E-state index in [-0.39, 0.29) is 36.8 Å². The Morgan fingerprint density at radius 1 is 0.661 bits per heavy atom. The monoisotopic (exact) mass is 752 g/mol. The Balaban J connectivity index is 0.000000146. The molecular weight excluding hydrogens is 713 g/mol. The minimum Gasteiger partial charge on any atom is -0.396 e. The first-order valence-corrected chi connectivity index (χ1v) is 19.1. The lowest BCUT2D eigenvalue weighted by atomic mass is 9.67. The Kier molecular flexibility index (Phi) is 8.07. The molecule has 6 heterocycles. The first kappa shape index (κ1) is 36.2. The van der Waals surface area contributed by atoms with Crippen LogP contribution < -0.4 is 9.80 Å². The predicted molar refractivity (Wildman–Crippen MR) is 204 cm³/mol. The number of ether oxygens (including phenoxy) is 2. The number of nitrogens with zero attached hydrogens (tertiary/aromatic N) is 4. The fourth-order valence-corrected chi connectivity index (χ4v) is 11.2. The zero-order valence-corrected chi connectivity index (χ0v) is 31.0. The minimum absolute atomic E-state index is 0.0800. The van der Waals surface area contributed by atoms with Crippen molar-refractivity contribution >= 4 is 62.2 Å². The maximum Gasteiger partial charge on any atom is 0.240 e. The highest BCUT2D eigenvalue weighted by atomic mass is 16.5. The summed E-state index contributed by atoms with van der Waals surface area (Å²) in [5.74, 6) is -3.20. The lowest BCUT2D eigenvalue weighted by Crippen LogP contribution is -2.42. The topological polar surface area (TPSA) is 162 Å². The molecule has 0 spiro atoms. The van der Waals surface area contributed by atoms with Crippen LogP contribution >= 0.6 is 0 Å². The molecule has 6 saturated heterocycles. The van der Waals surface area contributed by atoms with Gasteiger partial charge in [0.15, 0.2) is 5.69 Å². The van der Waals surface area contributed by atoms with Crippen molar-refractivity contribution in [2.24, 2.45) is 23.7 Å². The van der Waals surface area contributed by atoms with Crippen molar-refractivity contribution in [2.75, 3.05) is 23.0 Å². The average Bonchev–Trinajstić information content (AvgIpc) is 3.99. The lowest BCUT2D eigenvalue weighted by Gasteiger charge is -2.30. The Bertz CT molecular complexity index is 2310. The van der Waals surface area contributed by atoms with Crippen molar-refractivity contribution in [3.63, 3.8) is 0 Å². The summed E-state index contributed by atoms with van der Waals surface area (Å²) in [6, 6.07) is 23.5. The summed E-state index contributed by atoms with van der Waals surface area (Å²) in [5, 5.41) is 31.4. The molecule has 6 aliphatic heterocycles. The number of carbonyl (C=O) groups is 4. The van der Waals surface area contributed by atoms with Crippen LogP contribution in [0.2, 0.25) is 0 Å². The number of benzene rings is 4. The Morgan fingerprint density at radius 2 is 1.09 bits per heavy atom. The second kappa shape index (κ2) is 12.5. The summed E-state index contributed by atoms with van der Waals surface area (Å²) in [6.45, 7) is 11.0. The summed E-state index contributed by atoms with van der Waals surface area (Å²) in [6.07, 6.45) is 3.47. The molecule has 4 aromatic carbocycles.